The molecular weight excluding hydrogens is 450 g/mol. The van der Waals surface area contributed by atoms with Crippen LogP contribution in [0.15, 0.2) is 48.5 Å². The number of halogens is 6. The molecule has 2 aromatic carbocycles. The fourth-order valence-corrected chi connectivity index (χ4v) is 3.76. The van der Waals surface area contributed by atoms with E-state index >= 15 is 0 Å². The average molecular weight is 474 g/mol. The van der Waals surface area contributed by atoms with E-state index in [1.54, 1.807) is 12.1 Å². The Balaban J connectivity index is 1.79. The molecule has 1 unspecified atom stereocenters. The van der Waals surface area contributed by atoms with Crippen molar-refractivity contribution in [3.05, 3.63) is 70.8 Å². The number of morpholine rings is 1. The zero-order valence-corrected chi connectivity index (χ0v) is 17.9. The average Bonchev–Trinajstić information content (AvgIpc) is 2.77. The van der Waals surface area contributed by atoms with Gasteiger partial charge in [-0.3, -0.25) is 9.69 Å². The number of hydrogen-bond acceptors (Lipinski definition) is 3. The van der Waals surface area contributed by atoms with Crippen LogP contribution < -0.4 is 0 Å². The summed E-state index contributed by atoms with van der Waals surface area (Å²) < 4.78 is 84.0. The summed E-state index contributed by atoms with van der Waals surface area (Å²) in [6.45, 7) is 1.95. The summed E-state index contributed by atoms with van der Waals surface area (Å²) in [5.74, 6) is -0.286. The minimum Gasteiger partial charge on any atom is -0.379 e. The van der Waals surface area contributed by atoms with Crippen LogP contribution in [-0.4, -0.2) is 55.6 Å². The Kier molecular flexibility index (Phi) is 7.69. The van der Waals surface area contributed by atoms with E-state index in [0.717, 1.165) is 5.56 Å². The lowest BCUT2D eigenvalue weighted by Gasteiger charge is -2.36. The number of amides is 1. The number of benzene rings is 2. The molecule has 0 spiro atoms. The summed E-state index contributed by atoms with van der Waals surface area (Å²) in [6, 6.07) is 9.93. The molecule has 1 saturated heterocycles. The molecule has 33 heavy (non-hydrogen) atoms. The zero-order valence-electron chi connectivity index (χ0n) is 17.9. The number of likely N-dealkylation sites (N-methyl/N-ethyl adjacent to an activating group) is 1. The third-order valence-corrected chi connectivity index (χ3v) is 5.52. The van der Waals surface area contributed by atoms with E-state index in [4.69, 9.17) is 4.74 Å². The molecule has 1 amide bonds. The monoisotopic (exact) mass is 474 g/mol. The Labute approximate surface area is 187 Å². The molecule has 0 bridgehead atoms. The van der Waals surface area contributed by atoms with Gasteiger partial charge in [-0.1, -0.05) is 30.3 Å². The molecule has 0 N–H and O–H groups in total. The minimum absolute atomic E-state index is 0.0366. The highest BCUT2D eigenvalue weighted by Crippen LogP contribution is 2.36. The van der Waals surface area contributed by atoms with Crippen molar-refractivity contribution in [3.63, 3.8) is 0 Å². The summed E-state index contributed by atoms with van der Waals surface area (Å²) in [5.41, 5.74) is -2.11. The van der Waals surface area contributed by atoms with Gasteiger partial charge in [-0.15, -0.1) is 0 Å². The molecule has 4 nitrogen and oxygen atoms in total. The van der Waals surface area contributed by atoms with Crippen molar-refractivity contribution in [3.8, 4) is 0 Å². The van der Waals surface area contributed by atoms with Crippen LogP contribution in [-0.2, 0) is 28.3 Å². The second-order valence-corrected chi connectivity index (χ2v) is 7.89. The first kappa shape index (κ1) is 25.0. The van der Waals surface area contributed by atoms with Crippen molar-refractivity contribution in [2.45, 2.75) is 24.8 Å². The van der Waals surface area contributed by atoms with E-state index < -0.39 is 29.5 Å². The minimum atomic E-state index is -4.91. The van der Waals surface area contributed by atoms with Gasteiger partial charge >= 0.3 is 12.4 Å². The van der Waals surface area contributed by atoms with Gasteiger partial charge in [0.25, 0.3) is 0 Å². The van der Waals surface area contributed by atoms with Gasteiger partial charge in [-0.2, -0.15) is 26.3 Å². The molecule has 10 heteroatoms. The van der Waals surface area contributed by atoms with Gasteiger partial charge < -0.3 is 9.64 Å². The first-order chi connectivity index (χ1) is 15.5. The number of carbonyl (C=O) groups excluding carboxylic acids is 1. The van der Waals surface area contributed by atoms with E-state index in [1.165, 1.54) is 11.9 Å². The fourth-order valence-electron chi connectivity index (χ4n) is 3.76. The van der Waals surface area contributed by atoms with Crippen LogP contribution >= 0.6 is 0 Å². The number of carbonyl (C=O) groups is 1. The molecule has 1 aliphatic rings. The zero-order chi connectivity index (χ0) is 24.2. The van der Waals surface area contributed by atoms with Crippen LogP contribution in [0.2, 0.25) is 0 Å². The number of rotatable bonds is 6. The van der Waals surface area contributed by atoms with Gasteiger partial charge in [-0.25, -0.2) is 0 Å². The van der Waals surface area contributed by atoms with E-state index in [9.17, 15) is 31.1 Å². The Morgan fingerprint density at radius 1 is 0.970 bits per heavy atom. The molecule has 1 atom stereocenters. The molecule has 1 heterocycles. The van der Waals surface area contributed by atoms with E-state index in [0.29, 0.717) is 38.4 Å². The van der Waals surface area contributed by atoms with Crippen molar-refractivity contribution in [2.75, 3.05) is 39.9 Å². The van der Waals surface area contributed by atoms with Crippen molar-refractivity contribution in [1.29, 1.82) is 0 Å². The predicted molar refractivity (Wildman–Crippen MR) is 109 cm³/mol. The lowest BCUT2D eigenvalue weighted by Crippen LogP contribution is -2.46. The lowest BCUT2D eigenvalue weighted by atomic mass is 10.0. The van der Waals surface area contributed by atoms with Gasteiger partial charge in [0.15, 0.2) is 0 Å². The molecule has 0 aliphatic carbocycles. The highest BCUT2D eigenvalue weighted by molar-refractivity contribution is 5.83. The molecule has 1 fully saturated rings. The number of nitrogens with zero attached hydrogens (tertiary/aromatic N) is 2. The van der Waals surface area contributed by atoms with Crippen LogP contribution in [0.25, 0.3) is 0 Å². The first-order valence-electron chi connectivity index (χ1n) is 10.4. The summed E-state index contributed by atoms with van der Waals surface area (Å²) in [4.78, 5) is 16.6. The maximum absolute atomic E-state index is 13.3. The van der Waals surface area contributed by atoms with Crippen LogP contribution in [0.1, 0.15) is 28.3 Å². The molecule has 0 saturated carbocycles. The molecule has 3 rings (SSSR count). The van der Waals surface area contributed by atoms with E-state index in [1.807, 2.05) is 23.1 Å². The second-order valence-electron chi connectivity index (χ2n) is 7.89. The topological polar surface area (TPSA) is 32.8 Å². The van der Waals surface area contributed by atoms with Crippen LogP contribution in [0.3, 0.4) is 0 Å². The van der Waals surface area contributed by atoms with Crippen LogP contribution in [0.5, 0.6) is 0 Å². The number of alkyl halides is 6. The van der Waals surface area contributed by atoms with Gasteiger partial charge in [0, 0.05) is 26.7 Å². The quantitative estimate of drug-likeness (QED) is 0.564. The molecule has 2 aromatic rings. The van der Waals surface area contributed by atoms with Gasteiger partial charge in [0.1, 0.15) is 6.04 Å². The van der Waals surface area contributed by atoms with Crippen molar-refractivity contribution in [2.24, 2.45) is 0 Å². The molecular formula is C23H24F6N2O2. The normalized spacial score (nSPS) is 16.5. The SMILES string of the molecule is CN(CCc1cc(C(F)(F)F)cc(C(F)(F)F)c1)C(=O)C(c1ccccc1)N1CCOCC1. The van der Waals surface area contributed by atoms with Crippen LogP contribution in [0, 0.1) is 0 Å². The van der Waals surface area contributed by atoms with Gasteiger partial charge in [0.2, 0.25) is 5.91 Å². The largest absolute Gasteiger partial charge is 0.416 e. The Morgan fingerprint density at radius 2 is 1.52 bits per heavy atom. The highest BCUT2D eigenvalue weighted by Gasteiger charge is 2.37. The van der Waals surface area contributed by atoms with Crippen LogP contribution in [0.4, 0.5) is 26.3 Å². The second kappa shape index (κ2) is 10.1. The van der Waals surface area contributed by atoms with Crippen molar-refractivity contribution < 1.29 is 35.9 Å². The number of ether oxygens (including phenoxy) is 1. The summed E-state index contributed by atoms with van der Waals surface area (Å²) in [5, 5.41) is 0. The van der Waals surface area contributed by atoms with E-state index in [2.05, 4.69) is 0 Å². The van der Waals surface area contributed by atoms with Gasteiger partial charge in [0.05, 0.1) is 24.3 Å². The van der Waals surface area contributed by atoms with Crippen molar-refractivity contribution in [1.82, 2.24) is 9.80 Å². The summed E-state index contributed by atoms with van der Waals surface area (Å²) >= 11 is 0. The van der Waals surface area contributed by atoms with E-state index in [-0.39, 0.29) is 30.5 Å². The highest BCUT2D eigenvalue weighted by atomic mass is 19.4. The van der Waals surface area contributed by atoms with Gasteiger partial charge in [-0.05, 0) is 35.7 Å². The number of hydrogen-bond donors (Lipinski definition) is 0. The molecule has 0 aromatic heterocycles. The molecule has 180 valence electrons. The third-order valence-electron chi connectivity index (χ3n) is 5.52. The Hall–Kier alpha value is -2.59. The predicted octanol–water partition coefficient (Wildman–Crippen LogP) is 4.80. The first-order valence-corrected chi connectivity index (χ1v) is 10.4. The Bertz CT molecular complexity index is 908. The fraction of sp³-hybridized carbons (Fsp3) is 0.435. The maximum Gasteiger partial charge on any atom is 0.416 e. The van der Waals surface area contributed by atoms with Crippen molar-refractivity contribution >= 4 is 5.91 Å². The third kappa shape index (κ3) is 6.48. The summed E-state index contributed by atoms with van der Waals surface area (Å²) in [7, 11) is 1.50. The lowest BCUT2D eigenvalue weighted by molar-refractivity contribution is -0.143. The summed E-state index contributed by atoms with van der Waals surface area (Å²) in [6.07, 6.45) is -9.97. The Morgan fingerprint density at radius 3 is 2.03 bits per heavy atom. The smallest absolute Gasteiger partial charge is 0.379 e. The maximum atomic E-state index is 13.3. The standard InChI is InChI=1S/C23H24F6N2O2/c1-30(8-7-16-13-18(22(24,25)26)15-19(14-16)23(27,28)29)21(32)20(17-5-3-2-4-6-17)31-9-11-33-12-10-31/h2-6,13-15,20H,7-12H2,1H3. The molecule has 0 radical (unpaired) electrons. The molecule has 1 aliphatic heterocycles.